The molecule has 0 saturated carbocycles. The second-order valence-corrected chi connectivity index (χ2v) is 9.78. The van der Waals surface area contributed by atoms with Crippen LogP contribution in [-0.2, 0) is 16.1 Å². The molecule has 3 saturated heterocycles. The van der Waals surface area contributed by atoms with Gasteiger partial charge < -0.3 is 9.84 Å². The van der Waals surface area contributed by atoms with E-state index in [0.29, 0.717) is 18.4 Å². The molecule has 6 heteroatoms. The van der Waals surface area contributed by atoms with Crippen molar-refractivity contribution in [2.45, 2.75) is 45.2 Å². The van der Waals surface area contributed by atoms with E-state index < -0.39 is 5.97 Å². The number of aliphatic carboxylic acids is 1. The SMILES string of the molecule is Cc1ccc(CN2CC3CN(C4CCOCC4)CC3(CCC(=O)O)C2)s1. The zero-order valence-corrected chi connectivity index (χ0v) is 16.5. The maximum absolute atomic E-state index is 11.3. The van der Waals surface area contributed by atoms with E-state index in [0.717, 1.165) is 65.2 Å². The lowest BCUT2D eigenvalue weighted by molar-refractivity contribution is -0.137. The summed E-state index contributed by atoms with van der Waals surface area (Å²) in [5.74, 6) is -0.0549. The number of hydrogen-bond acceptors (Lipinski definition) is 5. The van der Waals surface area contributed by atoms with E-state index in [-0.39, 0.29) is 5.41 Å². The van der Waals surface area contributed by atoms with Crippen molar-refractivity contribution in [3.05, 3.63) is 21.9 Å². The van der Waals surface area contributed by atoms with Gasteiger partial charge in [-0.3, -0.25) is 14.6 Å². The Morgan fingerprint density at radius 1 is 1.31 bits per heavy atom. The molecule has 4 rings (SSSR count). The molecule has 3 aliphatic heterocycles. The Hall–Kier alpha value is -0.950. The van der Waals surface area contributed by atoms with Crippen LogP contribution in [0.3, 0.4) is 0 Å². The maximum Gasteiger partial charge on any atom is 0.303 e. The molecule has 26 heavy (non-hydrogen) atoms. The monoisotopic (exact) mass is 378 g/mol. The van der Waals surface area contributed by atoms with Crippen LogP contribution in [0.1, 0.15) is 35.4 Å². The first kappa shape index (κ1) is 18.4. The van der Waals surface area contributed by atoms with Crippen molar-refractivity contribution in [3.63, 3.8) is 0 Å². The summed E-state index contributed by atoms with van der Waals surface area (Å²) < 4.78 is 5.53. The average molecular weight is 379 g/mol. The molecular weight excluding hydrogens is 348 g/mol. The van der Waals surface area contributed by atoms with Gasteiger partial charge >= 0.3 is 5.97 Å². The molecule has 5 nitrogen and oxygen atoms in total. The fourth-order valence-electron chi connectivity index (χ4n) is 5.28. The first-order chi connectivity index (χ1) is 12.5. The summed E-state index contributed by atoms with van der Waals surface area (Å²) in [4.78, 5) is 19.3. The number of hydrogen-bond donors (Lipinski definition) is 1. The predicted molar refractivity (Wildman–Crippen MR) is 103 cm³/mol. The normalized spacial score (nSPS) is 30.7. The predicted octanol–water partition coefficient (Wildman–Crippen LogP) is 2.83. The van der Waals surface area contributed by atoms with E-state index in [4.69, 9.17) is 4.74 Å². The van der Waals surface area contributed by atoms with Crippen molar-refractivity contribution in [2.75, 3.05) is 39.4 Å². The number of ether oxygens (including phenoxy) is 1. The maximum atomic E-state index is 11.3. The van der Waals surface area contributed by atoms with Crippen LogP contribution >= 0.6 is 11.3 Å². The molecule has 1 aromatic rings. The van der Waals surface area contributed by atoms with Crippen LogP contribution in [0.5, 0.6) is 0 Å². The highest BCUT2D eigenvalue weighted by Gasteiger charge is 2.53. The van der Waals surface area contributed by atoms with Crippen molar-refractivity contribution in [1.29, 1.82) is 0 Å². The van der Waals surface area contributed by atoms with Gasteiger partial charge in [0.1, 0.15) is 0 Å². The summed E-state index contributed by atoms with van der Waals surface area (Å²) in [7, 11) is 0. The molecule has 1 N–H and O–H groups in total. The van der Waals surface area contributed by atoms with E-state index in [1.807, 2.05) is 11.3 Å². The number of rotatable bonds is 6. The minimum atomic E-state index is -0.657. The number of nitrogens with zero attached hydrogens (tertiary/aromatic N) is 2. The quantitative estimate of drug-likeness (QED) is 0.825. The van der Waals surface area contributed by atoms with Crippen molar-refractivity contribution in [2.24, 2.45) is 11.3 Å². The number of aryl methyl sites for hydroxylation is 1. The lowest BCUT2D eigenvalue weighted by Crippen LogP contribution is -2.41. The fraction of sp³-hybridized carbons (Fsp3) is 0.750. The molecule has 0 aliphatic carbocycles. The first-order valence-corrected chi connectivity index (χ1v) is 10.7. The van der Waals surface area contributed by atoms with Gasteiger partial charge in [-0.05, 0) is 44.2 Å². The van der Waals surface area contributed by atoms with Crippen LogP contribution < -0.4 is 0 Å². The molecule has 0 bridgehead atoms. The molecule has 0 spiro atoms. The summed E-state index contributed by atoms with van der Waals surface area (Å²) in [6.07, 6.45) is 3.36. The lowest BCUT2D eigenvalue weighted by Gasteiger charge is -2.34. The van der Waals surface area contributed by atoms with Gasteiger partial charge in [0.25, 0.3) is 0 Å². The minimum Gasteiger partial charge on any atom is -0.481 e. The molecule has 3 aliphatic rings. The molecule has 144 valence electrons. The molecule has 2 atom stereocenters. The molecule has 0 radical (unpaired) electrons. The first-order valence-electron chi connectivity index (χ1n) is 9.85. The highest BCUT2D eigenvalue weighted by Crippen LogP contribution is 2.47. The number of carbonyl (C=O) groups is 1. The van der Waals surface area contributed by atoms with Gasteiger partial charge in [-0.2, -0.15) is 0 Å². The summed E-state index contributed by atoms with van der Waals surface area (Å²) in [6.45, 7) is 9.27. The summed E-state index contributed by atoms with van der Waals surface area (Å²) in [6, 6.07) is 5.07. The largest absolute Gasteiger partial charge is 0.481 e. The van der Waals surface area contributed by atoms with E-state index in [2.05, 4.69) is 28.9 Å². The van der Waals surface area contributed by atoms with Gasteiger partial charge in [0.15, 0.2) is 0 Å². The smallest absolute Gasteiger partial charge is 0.303 e. The van der Waals surface area contributed by atoms with Crippen LogP contribution in [0.4, 0.5) is 0 Å². The van der Waals surface area contributed by atoms with Gasteiger partial charge in [0, 0.05) is 73.6 Å². The Labute approximate surface area is 159 Å². The average Bonchev–Trinajstić information content (AvgIpc) is 3.26. The third-order valence-electron chi connectivity index (χ3n) is 6.58. The fourth-order valence-corrected chi connectivity index (χ4v) is 6.22. The second-order valence-electron chi connectivity index (χ2n) is 8.41. The Balaban J connectivity index is 1.44. The number of fused-ring (bicyclic) bond motifs is 1. The van der Waals surface area contributed by atoms with Gasteiger partial charge in [-0.15, -0.1) is 11.3 Å². The van der Waals surface area contributed by atoms with Crippen LogP contribution in [0.2, 0.25) is 0 Å². The molecule has 3 fully saturated rings. The molecular formula is C20H30N2O3S. The number of thiophene rings is 1. The van der Waals surface area contributed by atoms with Crippen LogP contribution in [0.25, 0.3) is 0 Å². The summed E-state index contributed by atoms with van der Waals surface area (Å²) in [5, 5.41) is 9.27. The molecule has 4 heterocycles. The number of carboxylic acid groups (broad SMARTS) is 1. The lowest BCUT2D eigenvalue weighted by atomic mass is 9.77. The van der Waals surface area contributed by atoms with Crippen molar-refractivity contribution in [3.8, 4) is 0 Å². The highest BCUT2D eigenvalue weighted by molar-refractivity contribution is 7.11. The topological polar surface area (TPSA) is 53.0 Å². The van der Waals surface area contributed by atoms with Crippen LogP contribution in [-0.4, -0.2) is 66.3 Å². The molecule has 0 amide bonds. The summed E-state index contributed by atoms with van der Waals surface area (Å²) in [5.41, 5.74) is 0.156. The molecule has 2 unspecified atom stereocenters. The van der Waals surface area contributed by atoms with Gasteiger partial charge in [0.05, 0.1) is 0 Å². The van der Waals surface area contributed by atoms with E-state index in [9.17, 15) is 9.90 Å². The Bertz CT molecular complexity index is 643. The zero-order chi connectivity index (χ0) is 18.1. The van der Waals surface area contributed by atoms with Gasteiger partial charge in [0.2, 0.25) is 0 Å². The Kier molecular flexibility index (Phi) is 5.37. The Morgan fingerprint density at radius 2 is 2.12 bits per heavy atom. The van der Waals surface area contributed by atoms with Crippen molar-refractivity contribution in [1.82, 2.24) is 9.80 Å². The second kappa shape index (κ2) is 7.58. The van der Waals surface area contributed by atoms with Crippen LogP contribution in [0, 0.1) is 18.3 Å². The third kappa shape index (κ3) is 3.84. The van der Waals surface area contributed by atoms with Gasteiger partial charge in [-0.1, -0.05) is 0 Å². The number of carboxylic acids is 1. The van der Waals surface area contributed by atoms with Crippen molar-refractivity contribution >= 4 is 17.3 Å². The number of likely N-dealkylation sites (tertiary alicyclic amines) is 2. The van der Waals surface area contributed by atoms with E-state index >= 15 is 0 Å². The van der Waals surface area contributed by atoms with Crippen LogP contribution in [0.15, 0.2) is 12.1 Å². The Morgan fingerprint density at radius 3 is 2.81 bits per heavy atom. The third-order valence-corrected chi connectivity index (χ3v) is 7.56. The van der Waals surface area contributed by atoms with Gasteiger partial charge in [-0.25, -0.2) is 0 Å². The zero-order valence-electron chi connectivity index (χ0n) is 15.7. The van der Waals surface area contributed by atoms with E-state index in [1.165, 1.54) is 9.75 Å². The highest BCUT2D eigenvalue weighted by atomic mass is 32.1. The molecule has 1 aromatic heterocycles. The van der Waals surface area contributed by atoms with Crippen molar-refractivity contribution < 1.29 is 14.6 Å². The molecule has 0 aromatic carbocycles. The summed E-state index contributed by atoms with van der Waals surface area (Å²) >= 11 is 1.88. The standard InChI is InChI=1S/C20H30N2O3S/c1-15-2-3-18(26-15)12-21-10-16-11-22(17-5-8-25-9-6-17)14-20(16,13-21)7-4-19(23)24/h2-3,16-17H,4-14H2,1H3,(H,23,24). The van der Waals surface area contributed by atoms with E-state index in [1.54, 1.807) is 0 Å². The minimum absolute atomic E-state index is 0.156.